The van der Waals surface area contributed by atoms with E-state index in [4.69, 9.17) is 9.15 Å². The molecule has 0 amide bonds. The Morgan fingerprint density at radius 3 is 2.75 bits per heavy atom. The van der Waals surface area contributed by atoms with Gasteiger partial charge in [0.25, 0.3) is 0 Å². The normalized spacial score (nSPS) is 24.0. The summed E-state index contributed by atoms with van der Waals surface area (Å²) in [6.45, 7) is 1.57. The number of esters is 1. The molecule has 2 aromatic rings. The van der Waals surface area contributed by atoms with Gasteiger partial charge in [0.15, 0.2) is 0 Å². The first-order valence-corrected chi connectivity index (χ1v) is 7.91. The number of hydrogen-bond donors (Lipinski definition) is 0. The predicted octanol–water partition coefficient (Wildman–Crippen LogP) is 2.90. The largest absolute Gasteiger partial charge is 0.464 e. The van der Waals surface area contributed by atoms with Crippen LogP contribution in [-0.4, -0.2) is 34.5 Å². The Labute approximate surface area is 137 Å². The average Bonchev–Trinajstić information content (AvgIpc) is 3.24. The van der Waals surface area contributed by atoms with E-state index in [1.165, 1.54) is 12.3 Å². The molecule has 2 fully saturated rings. The first kappa shape index (κ1) is 15.3. The fourth-order valence-corrected chi connectivity index (χ4v) is 3.62. The summed E-state index contributed by atoms with van der Waals surface area (Å²) in [5, 5.41) is 0. The Morgan fingerprint density at radius 2 is 2.04 bits per heavy atom. The van der Waals surface area contributed by atoms with Crippen LogP contribution in [0.4, 0.5) is 8.78 Å². The zero-order valence-electron chi connectivity index (χ0n) is 12.9. The van der Waals surface area contributed by atoms with Gasteiger partial charge in [0, 0.05) is 13.0 Å². The van der Waals surface area contributed by atoms with Crippen molar-refractivity contribution in [3.63, 3.8) is 0 Å². The van der Waals surface area contributed by atoms with Crippen LogP contribution in [0.25, 0.3) is 11.5 Å². The third-order valence-corrected chi connectivity index (χ3v) is 4.83. The van der Waals surface area contributed by atoms with Crippen molar-refractivity contribution in [2.75, 3.05) is 13.2 Å². The van der Waals surface area contributed by atoms with Crippen LogP contribution in [0.1, 0.15) is 25.0 Å². The lowest BCUT2D eigenvalue weighted by Crippen LogP contribution is -2.47. The molecule has 1 spiro atoms. The highest BCUT2D eigenvalue weighted by molar-refractivity contribution is 5.83. The molecule has 126 valence electrons. The summed E-state index contributed by atoms with van der Waals surface area (Å²) in [4.78, 5) is 18.3. The average molecular weight is 334 g/mol. The van der Waals surface area contributed by atoms with Gasteiger partial charge in [0.1, 0.15) is 29.0 Å². The molecule has 4 rings (SSSR count). The van der Waals surface area contributed by atoms with Crippen molar-refractivity contribution in [3.8, 4) is 11.5 Å². The zero-order valence-corrected chi connectivity index (χ0v) is 12.9. The van der Waals surface area contributed by atoms with Crippen molar-refractivity contribution in [3.05, 3.63) is 41.8 Å². The number of halogens is 2. The van der Waals surface area contributed by atoms with E-state index in [2.05, 4.69) is 4.98 Å². The minimum absolute atomic E-state index is 0.0946. The molecule has 0 aliphatic carbocycles. The van der Waals surface area contributed by atoms with Crippen molar-refractivity contribution in [1.29, 1.82) is 0 Å². The second kappa shape index (κ2) is 5.66. The lowest BCUT2D eigenvalue weighted by molar-refractivity contribution is -0.147. The molecule has 0 saturated carbocycles. The number of ether oxygens (including phenoxy) is 1. The van der Waals surface area contributed by atoms with E-state index < -0.39 is 17.2 Å². The van der Waals surface area contributed by atoms with Crippen LogP contribution >= 0.6 is 0 Å². The molecule has 2 saturated heterocycles. The standard InChI is InChI=1S/C17H16F2N2O3/c18-12-3-1-4-13(19)14(12)15-20-11(10-24-15)9-21-7-2-5-17(21)6-8-23-16(17)22/h1,3-4,10H,2,5-9H2. The van der Waals surface area contributed by atoms with Gasteiger partial charge in [-0.15, -0.1) is 0 Å². The van der Waals surface area contributed by atoms with Gasteiger partial charge in [0.05, 0.1) is 12.3 Å². The highest BCUT2D eigenvalue weighted by Gasteiger charge is 2.51. The molecule has 0 N–H and O–H groups in total. The summed E-state index contributed by atoms with van der Waals surface area (Å²) in [6.07, 6.45) is 3.71. The van der Waals surface area contributed by atoms with Crippen LogP contribution in [0.15, 0.2) is 28.9 Å². The van der Waals surface area contributed by atoms with Gasteiger partial charge in [0.2, 0.25) is 5.89 Å². The van der Waals surface area contributed by atoms with E-state index in [0.717, 1.165) is 31.5 Å². The van der Waals surface area contributed by atoms with E-state index in [1.807, 2.05) is 4.90 Å². The summed E-state index contributed by atoms with van der Waals surface area (Å²) in [5.41, 5.74) is -0.323. The van der Waals surface area contributed by atoms with Crippen LogP contribution in [0.3, 0.4) is 0 Å². The van der Waals surface area contributed by atoms with E-state index in [9.17, 15) is 13.6 Å². The predicted molar refractivity (Wildman–Crippen MR) is 79.8 cm³/mol. The van der Waals surface area contributed by atoms with E-state index in [-0.39, 0.29) is 17.4 Å². The molecule has 2 aliphatic rings. The zero-order chi connectivity index (χ0) is 16.7. The van der Waals surface area contributed by atoms with Crippen molar-refractivity contribution in [2.24, 2.45) is 0 Å². The molecule has 1 aromatic carbocycles. The summed E-state index contributed by atoms with van der Waals surface area (Å²) in [5.74, 6) is -1.73. The number of carbonyl (C=O) groups excluding carboxylic acids is 1. The maximum atomic E-state index is 13.8. The Balaban J connectivity index is 1.59. The summed E-state index contributed by atoms with van der Waals surface area (Å²) < 4.78 is 38.1. The maximum absolute atomic E-state index is 13.8. The van der Waals surface area contributed by atoms with Gasteiger partial charge in [-0.2, -0.15) is 0 Å². The van der Waals surface area contributed by atoms with Crippen molar-refractivity contribution in [2.45, 2.75) is 31.3 Å². The van der Waals surface area contributed by atoms with Gasteiger partial charge >= 0.3 is 5.97 Å². The summed E-state index contributed by atoms with van der Waals surface area (Å²) in [7, 11) is 0. The molecule has 2 aliphatic heterocycles. The number of rotatable bonds is 3. The van der Waals surface area contributed by atoms with Gasteiger partial charge in [-0.25, -0.2) is 13.8 Å². The lowest BCUT2D eigenvalue weighted by atomic mass is 9.94. The number of nitrogens with zero attached hydrogens (tertiary/aromatic N) is 2. The fourth-order valence-electron chi connectivity index (χ4n) is 3.62. The molecule has 1 aromatic heterocycles. The van der Waals surface area contributed by atoms with Crippen LogP contribution in [0.5, 0.6) is 0 Å². The van der Waals surface area contributed by atoms with Gasteiger partial charge in [-0.1, -0.05) is 6.07 Å². The fraction of sp³-hybridized carbons (Fsp3) is 0.412. The smallest absolute Gasteiger partial charge is 0.326 e. The molecular weight excluding hydrogens is 318 g/mol. The molecule has 1 unspecified atom stereocenters. The van der Waals surface area contributed by atoms with E-state index in [1.54, 1.807) is 0 Å². The highest BCUT2D eigenvalue weighted by Crippen LogP contribution is 2.38. The maximum Gasteiger partial charge on any atom is 0.326 e. The number of oxazole rings is 1. The Morgan fingerprint density at radius 1 is 1.25 bits per heavy atom. The van der Waals surface area contributed by atoms with Crippen LogP contribution in [0.2, 0.25) is 0 Å². The van der Waals surface area contributed by atoms with E-state index in [0.29, 0.717) is 25.3 Å². The molecule has 0 radical (unpaired) electrons. The quantitative estimate of drug-likeness (QED) is 0.808. The van der Waals surface area contributed by atoms with Crippen molar-refractivity contribution >= 4 is 5.97 Å². The van der Waals surface area contributed by atoms with Crippen LogP contribution in [-0.2, 0) is 16.1 Å². The number of benzene rings is 1. The Kier molecular flexibility index (Phi) is 3.60. The van der Waals surface area contributed by atoms with Crippen LogP contribution < -0.4 is 0 Å². The minimum Gasteiger partial charge on any atom is -0.464 e. The second-order valence-corrected chi connectivity index (χ2v) is 6.18. The van der Waals surface area contributed by atoms with Crippen LogP contribution in [0, 0.1) is 11.6 Å². The van der Waals surface area contributed by atoms with Gasteiger partial charge < -0.3 is 9.15 Å². The topological polar surface area (TPSA) is 55.6 Å². The molecule has 24 heavy (non-hydrogen) atoms. The van der Waals surface area contributed by atoms with Crippen molar-refractivity contribution in [1.82, 2.24) is 9.88 Å². The first-order valence-electron chi connectivity index (χ1n) is 7.91. The summed E-state index contributed by atoms with van der Waals surface area (Å²) >= 11 is 0. The number of aromatic nitrogens is 1. The Bertz CT molecular complexity index is 768. The summed E-state index contributed by atoms with van der Waals surface area (Å²) in [6, 6.07) is 3.61. The molecule has 0 bridgehead atoms. The van der Waals surface area contributed by atoms with E-state index >= 15 is 0 Å². The number of hydrogen-bond acceptors (Lipinski definition) is 5. The second-order valence-electron chi connectivity index (χ2n) is 6.18. The third-order valence-electron chi connectivity index (χ3n) is 4.83. The number of cyclic esters (lactones) is 1. The van der Waals surface area contributed by atoms with Gasteiger partial charge in [-0.05, 0) is 31.5 Å². The highest BCUT2D eigenvalue weighted by atomic mass is 19.1. The number of likely N-dealkylation sites (tertiary alicyclic amines) is 1. The molecule has 1 atom stereocenters. The molecular formula is C17H16F2N2O3. The molecule has 7 heteroatoms. The monoisotopic (exact) mass is 334 g/mol. The minimum atomic E-state index is -0.722. The van der Waals surface area contributed by atoms with Crippen molar-refractivity contribution < 1.29 is 22.7 Å². The van der Waals surface area contributed by atoms with Gasteiger partial charge in [-0.3, -0.25) is 9.69 Å². The molecule has 3 heterocycles. The first-order chi connectivity index (χ1) is 11.6. The third kappa shape index (κ3) is 2.31. The Hall–Kier alpha value is -2.28. The SMILES string of the molecule is O=C1OCCC12CCCN2Cc1coc(-c2c(F)cccc2F)n1. The lowest BCUT2D eigenvalue weighted by Gasteiger charge is -2.30. The number of carbonyl (C=O) groups is 1. The molecule has 5 nitrogen and oxygen atoms in total.